The van der Waals surface area contributed by atoms with Gasteiger partial charge in [-0.1, -0.05) is 37.3 Å². The second-order valence-electron chi connectivity index (χ2n) is 4.74. The Morgan fingerprint density at radius 2 is 1.80 bits per heavy atom. The van der Waals surface area contributed by atoms with Crippen molar-refractivity contribution in [2.45, 2.75) is 25.3 Å². The van der Waals surface area contributed by atoms with Crippen molar-refractivity contribution >= 4 is 0 Å². The Hall–Kier alpha value is -1.78. The predicted molar refractivity (Wildman–Crippen MR) is 75.9 cm³/mol. The lowest BCUT2D eigenvalue weighted by Gasteiger charge is -2.27. The number of nitrogens with two attached hydrogens (primary N) is 1. The minimum atomic E-state index is -0.474. The zero-order valence-electron chi connectivity index (χ0n) is 11.3. The number of benzene rings is 2. The van der Waals surface area contributed by atoms with Gasteiger partial charge in [-0.3, -0.25) is 11.3 Å². The van der Waals surface area contributed by atoms with Crippen LogP contribution in [0.3, 0.4) is 0 Å². The average Bonchev–Trinajstić information content (AvgIpc) is 2.48. The van der Waals surface area contributed by atoms with Crippen LogP contribution in [0.15, 0.2) is 48.5 Å². The zero-order chi connectivity index (χ0) is 14.5. The van der Waals surface area contributed by atoms with Crippen LogP contribution in [0.4, 0.5) is 8.78 Å². The van der Waals surface area contributed by atoms with Gasteiger partial charge >= 0.3 is 0 Å². The Bertz CT molecular complexity index is 558. The van der Waals surface area contributed by atoms with E-state index in [1.165, 1.54) is 6.07 Å². The van der Waals surface area contributed by atoms with Crippen LogP contribution in [0, 0.1) is 11.6 Å². The summed E-state index contributed by atoms with van der Waals surface area (Å²) in [6.45, 7) is 2.00. The third-order valence-corrected chi connectivity index (χ3v) is 3.54. The summed E-state index contributed by atoms with van der Waals surface area (Å²) < 4.78 is 27.3. The van der Waals surface area contributed by atoms with Gasteiger partial charge in [0.15, 0.2) is 0 Å². The maximum Gasteiger partial charge on any atom is 0.128 e. The highest BCUT2D eigenvalue weighted by atomic mass is 19.1. The van der Waals surface area contributed by atoms with Crippen molar-refractivity contribution in [3.63, 3.8) is 0 Å². The molecule has 106 valence electrons. The van der Waals surface area contributed by atoms with E-state index >= 15 is 0 Å². The van der Waals surface area contributed by atoms with Crippen LogP contribution in [0.1, 0.15) is 36.4 Å². The highest BCUT2D eigenvalue weighted by Crippen LogP contribution is 2.34. The molecule has 0 fully saturated rings. The van der Waals surface area contributed by atoms with Gasteiger partial charge in [-0.2, -0.15) is 0 Å². The molecule has 2 aromatic rings. The summed E-state index contributed by atoms with van der Waals surface area (Å²) in [5.74, 6) is 4.65. The van der Waals surface area contributed by atoms with Crippen LogP contribution in [0.2, 0.25) is 0 Å². The summed E-state index contributed by atoms with van der Waals surface area (Å²) in [6.07, 6.45) is 0.759. The van der Waals surface area contributed by atoms with Crippen molar-refractivity contribution in [2.75, 3.05) is 0 Å². The molecule has 0 aromatic heterocycles. The van der Waals surface area contributed by atoms with Crippen LogP contribution in [-0.2, 0) is 0 Å². The van der Waals surface area contributed by atoms with Crippen molar-refractivity contribution in [2.24, 2.45) is 5.84 Å². The fraction of sp³-hybridized carbons (Fsp3) is 0.250. The lowest BCUT2D eigenvalue weighted by Crippen LogP contribution is -2.33. The van der Waals surface area contributed by atoms with Gasteiger partial charge in [0.25, 0.3) is 0 Å². The average molecular weight is 276 g/mol. The van der Waals surface area contributed by atoms with Crippen molar-refractivity contribution in [1.82, 2.24) is 5.43 Å². The molecular formula is C16H18F2N2. The molecule has 2 nitrogen and oxygen atoms in total. The number of nitrogens with one attached hydrogen (secondary N) is 1. The van der Waals surface area contributed by atoms with Crippen molar-refractivity contribution in [3.05, 3.63) is 71.3 Å². The molecule has 2 aromatic carbocycles. The molecule has 20 heavy (non-hydrogen) atoms. The van der Waals surface area contributed by atoms with Gasteiger partial charge in [-0.15, -0.1) is 0 Å². The van der Waals surface area contributed by atoms with Crippen molar-refractivity contribution in [1.29, 1.82) is 0 Å². The molecule has 3 N–H and O–H groups in total. The van der Waals surface area contributed by atoms with Crippen LogP contribution in [0.25, 0.3) is 0 Å². The molecule has 0 amide bonds. The maximum atomic E-state index is 14.0. The lowest BCUT2D eigenvalue weighted by atomic mass is 9.85. The van der Waals surface area contributed by atoms with Crippen LogP contribution < -0.4 is 11.3 Å². The van der Waals surface area contributed by atoms with Gasteiger partial charge in [-0.25, -0.2) is 8.78 Å². The first-order valence-electron chi connectivity index (χ1n) is 6.63. The summed E-state index contributed by atoms with van der Waals surface area (Å²) in [6, 6.07) is 12.7. The fourth-order valence-corrected chi connectivity index (χ4v) is 2.54. The smallest absolute Gasteiger partial charge is 0.128 e. The first-order valence-corrected chi connectivity index (χ1v) is 6.63. The standard InChI is InChI=1S/C16H18F2N2/c1-2-13(11-6-4-3-5-7-11)16(20-19)14-10-12(17)8-9-15(14)18/h3-10,13,16,20H,2,19H2,1H3. The Kier molecular flexibility index (Phi) is 4.82. The third-order valence-electron chi connectivity index (χ3n) is 3.54. The quantitative estimate of drug-likeness (QED) is 0.646. The van der Waals surface area contributed by atoms with Crippen LogP contribution >= 0.6 is 0 Å². The van der Waals surface area contributed by atoms with Crippen molar-refractivity contribution in [3.8, 4) is 0 Å². The molecule has 0 aliphatic heterocycles. The molecule has 2 rings (SSSR count). The number of hydrogen-bond acceptors (Lipinski definition) is 2. The van der Waals surface area contributed by atoms with E-state index in [1.54, 1.807) is 0 Å². The number of halogens is 2. The van der Waals surface area contributed by atoms with E-state index in [4.69, 9.17) is 5.84 Å². The molecular weight excluding hydrogens is 258 g/mol. The van der Waals surface area contributed by atoms with Crippen LogP contribution in [0.5, 0.6) is 0 Å². The first kappa shape index (κ1) is 14.6. The largest absolute Gasteiger partial charge is 0.271 e. The van der Waals surface area contributed by atoms with E-state index < -0.39 is 17.7 Å². The highest BCUT2D eigenvalue weighted by molar-refractivity contribution is 5.29. The number of rotatable bonds is 5. The number of hydrazine groups is 1. The molecule has 0 aliphatic carbocycles. The van der Waals surface area contributed by atoms with Gasteiger partial charge < -0.3 is 0 Å². The first-order chi connectivity index (χ1) is 9.67. The SMILES string of the molecule is CCC(c1ccccc1)C(NN)c1cc(F)ccc1F. The molecule has 0 saturated carbocycles. The van der Waals surface area contributed by atoms with Crippen LogP contribution in [-0.4, -0.2) is 0 Å². The molecule has 4 heteroatoms. The van der Waals surface area contributed by atoms with E-state index in [0.29, 0.717) is 0 Å². The van der Waals surface area contributed by atoms with E-state index in [0.717, 1.165) is 24.1 Å². The molecule has 0 spiro atoms. The summed E-state index contributed by atoms with van der Waals surface area (Å²) >= 11 is 0. The second-order valence-corrected chi connectivity index (χ2v) is 4.74. The highest BCUT2D eigenvalue weighted by Gasteiger charge is 2.25. The zero-order valence-corrected chi connectivity index (χ0v) is 11.3. The Balaban J connectivity index is 2.42. The maximum absolute atomic E-state index is 14.0. The molecule has 2 unspecified atom stereocenters. The third kappa shape index (κ3) is 3.03. The summed E-state index contributed by atoms with van der Waals surface area (Å²) in [7, 11) is 0. The molecule has 0 bridgehead atoms. The molecule has 2 atom stereocenters. The van der Waals surface area contributed by atoms with E-state index in [9.17, 15) is 8.78 Å². The van der Waals surface area contributed by atoms with E-state index in [2.05, 4.69) is 5.43 Å². The van der Waals surface area contributed by atoms with Gasteiger partial charge in [0, 0.05) is 11.5 Å². The van der Waals surface area contributed by atoms with Crippen molar-refractivity contribution < 1.29 is 8.78 Å². The normalized spacial score (nSPS) is 14.0. The van der Waals surface area contributed by atoms with Gasteiger partial charge in [-0.05, 0) is 30.2 Å². The van der Waals surface area contributed by atoms with E-state index in [1.807, 2.05) is 37.3 Å². The predicted octanol–water partition coefficient (Wildman–Crippen LogP) is 3.66. The molecule has 0 aliphatic rings. The minimum absolute atomic E-state index is 0.0301. The fourth-order valence-electron chi connectivity index (χ4n) is 2.54. The Morgan fingerprint density at radius 1 is 1.10 bits per heavy atom. The molecule has 0 heterocycles. The number of hydrogen-bond donors (Lipinski definition) is 2. The van der Waals surface area contributed by atoms with Gasteiger partial charge in [0.05, 0.1) is 6.04 Å². The summed E-state index contributed by atoms with van der Waals surface area (Å²) in [4.78, 5) is 0. The molecule has 0 radical (unpaired) electrons. The monoisotopic (exact) mass is 276 g/mol. The molecule has 0 saturated heterocycles. The summed E-state index contributed by atoms with van der Waals surface area (Å²) in [5.41, 5.74) is 3.93. The Morgan fingerprint density at radius 3 is 2.40 bits per heavy atom. The topological polar surface area (TPSA) is 38.0 Å². The van der Waals surface area contributed by atoms with E-state index in [-0.39, 0.29) is 11.5 Å². The van der Waals surface area contributed by atoms with Gasteiger partial charge in [0.2, 0.25) is 0 Å². The lowest BCUT2D eigenvalue weighted by molar-refractivity contribution is 0.424. The second kappa shape index (κ2) is 6.59. The van der Waals surface area contributed by atoms with Gasteiger partial charge in [0.1, 0.15) is 11.6 Å². The minimum Gasteiger partial charge on any atom is -0.271 e. The Labute approximate surface area is 117 Å². The summed E-state index contributed by atoms with van der Waals surface area (Å²) in [5, 5.41) is 0.